The fourth-order valence-electron chi connectivity index (χ4n) is 5.34. The predicted octanol–water partition coefficient (Wildman–Crippen LogP) is 2.41. The number of hydrogen-bond acceptors (Lipinski definition) is 3. The van der Waals surface area contributed by atoms with E-state index in [-0.39, 0.29) is 24.0 Å². The number of hydrogen-bond donors (Lipinski definition) is 2. The molecular formula is C19H34N2O2. The van der Waals surface area contributed by atoms with E-state index in [1.807, 2.05) is 6.92 Å². The Morgan fingerprint density at radius 1 is 1.35 bits per heavy atom. The minimum Gasteiger partial charge on any atom is -0.396 e. The number of aliphatic hydroxyl groups is 1. The summed E-state index contributed by atoms with van der Waals surface area (Å²) in [6, 6.07) is 0.205. The second-order valence-electron chi connectivity index (χ2n) is 8.85. The highest BCUT2D eigenvalue weighted by molar-refractivity contribution is 5.81. The first kappa shape index (κ1) is 17.2. The number of rotatable bonds is 5. The van der Waals surface area contributed by atoms with Crippen LogP contribution in [-0.2, 0) is 4.79 Å². The van der Waals surface area contributed by atoms with E-state index < -0.39 is 0 Å². The second-order valence-corrected chi connectivity index (χ2v) is 8.85. The lowest BCUT2D eigenvalue weighted by Crippen LogP contribution is -2.54. The fraction of sp³-hybridized carbons (Fsp3) is 0.947. The van der Waals surface area contributed by atoms with Gasteiger partial charge in [-0.15, -0.1) is 0 Å². The van der Waals surface area contributed by atoms with Crippen LogP contribution in [0.3, 0.4) is 0 Å². The molecule has 0 aromatic heterocycles. The van der Waals surface area contributed by atoms with Gasteiger partial charge in [-0.25, -0.2) is 0 Å². The van der Waals surface area contributed by atoms with E-state index in [0.29, 0.717) is 12.0 Å². The molecule has 4 heteroatoms. The van der Waals surface area contributed by atoms with Crippen molar-refractivity contribution in [2.75, 3.05) is 19.7 Å². The average molecular weight is 322 g/mol. The molecule has 3 fully saturated rings. The highest BCUT2D eigenvalue weighted by atomic mass is 16.3. The van der Waals surface area contributed by atoms with Gasteiger partial charge in [-0.05, 0) is 70.3 Å². The number of amides is 1. The van der Waals surface area contributed by atoms with Crippen molar-refractivity contribution in [2.24, 2.45) is 23.2 Å². The van der Waals surface area contributed by atoms with Crippen molar-refractivity contribution in [2.45, 2.75) is 71.4 Å². The molecule has 3 aliphatic rings. The molecule has 3 rings (SSSR count). The summed E-state index contributed by atoms with van der Waals surface area (Å²) in [6.07, 6.45) is 7.60. The molecule has 0 radical (unpaired) electrons. The first-order chi connectivity index (χ1) is 10.9. The van der Waals surface area contributed by atoms with Gasteiger partial charge in [0.2, 0.25) is 5.91 Å². The molecule has 2 aliphatic carbocycles. The summed E-state index contributed by atoms with van der Waals surface area (Å²) in [7, 11) is 0. The van der Waals surface area contributed by atoms with Gasteiger partial charge in [0, 0.05) is 24.6 Å². The number of fused-ring (bicyclic) bond motifs is 2. The lowest BCUT2D eigenvalue weighted by atomic mass is 9.82. The number of carbonyl (C=O) groups excluding carboxylic acids is 1. The van der Waals surface area contributed by atoms with Gasteiger partial charge in [-0.1, -0.05) is 13.3 Å². The van der Waals surface area contributed by atoms with E-state index in [1.165, 1.54) is 25.7 Å². The molecule has 1 amide bonds. The standard InChI is InChI=1S/C19H34N2O2/c1-13(17-10-15-5-6-16(17)9-15)20-18(23)14(2)21-8-4-7-19(3,11-21)12-22/h13-17,22H,4-12H2,1-3H3,(H,20,23). The largest absolute Gasteiger partial charge is 0.396 e. The van der Waals surface area contributed by atoms with Gasteiger partial charge in [-0.3, -0.25) is 9.69 Å². The first-order valence-corrected chi connectivity index (χ1v) is 9.57. The first-order valence-electron chi connectivity index (χ1n) is 9.57. The molecule has 2 saturated carbocycles. The molecule has 1 aliphatic heterocycles. The quantitative estimate of drug-likeness (QED) is 0.817. The summed E-state index contributed by atoms with van der Waals surface area (Å²) in [5, 5.41) is 12.9. The van der Waals surface area contributed by atoms with Gasteiger partial charge < -0.3 is 10.4 Å². The molecule has 6 unspecified atom stereocenters. The van der Waals surface area contributed by atoms with E-state index >= 15 is 0 Å². The summed E-state index contributed by atoms with van der Waals surface area (Å²) in [4.78, 5) is 15.0. The van der Waals surface area contributed by atoms with Crippen molar-refractivity contribution in [1.29, 1.82) is 0 Å². The second kappa shape index (κ2) is 6.72. The SMILES string of the molecule is CC(NC(=O)C(C)N1CCCC(C)(CO)C1)C1CC2CCC1C2. The Kier molecular flexibility index (Phi) is 5.03. The number of nitrogens with zero attached hydrogens (tertiary/aromatic N) is 1. The molecule has 4 nitrogen and oxygen atoms in total. The normalized spacial score (nSPS) is 40.1. The van der Waals surface area contributed by atoms with Crippen LogP contribution in [0.5, 0.6) is 0 Å². The van der Waals surface area contributed by atoms with Gasteiger partial charge in [0.25, 0.3) is 0 Å². The van der Waals surface area contributed by atoms with Crippen LogP contribution in [0.4, 0.5) is 0 Å². The number of aliphatic hydroxyl groups excluding tert-OH is 1. The monoisotopic (exact) mass is 322 g/mol. The van der Waals surface area contributed by atoms with Gasteiger partial charge in [0.05, 0.1) is 6.04 Å². The van der Waals surface area contributed by atoms with E-state index in [1.54, 1.807) is 0 Å². The zero-order valence-corrected chi connectivity index (χ0v) is 15.1. The van der Waals surface area contributed by atoms with Crippen molar-refractivity contribution in [3.8, 4) is 0 Å². The number of piperidine rings is 1. The Labute approximate surface area is 141 Å². The number of carbonyl (C=O) groups is 1. The number of nitrogens with one attached hydrogen (secondary N) is 1. The maximum Gasteiger partial charge on any atom is 0.237 e. The molecule has 0 aromatic rings. The molecule has 2 N–H and O–H groups in total. The highest BCUT2D eigenvalue weighted by Crippen LogP contribution is 2.49. The van der Waals surface area contributed by atoms with Crippen molar-refractivity contribution < 1.29 is 9.90 Å². The number of likely N-dealkylation sites (tertiary alicyclic amines) is 1. The predicted molar refractivity (Wildman–Crippen MR) is 92.0 cm³/mol. The lowest BCUT2D eigenvalue weighted by Gasteiger charge is -2.42. The summed E-state index contributed by atoms with van der Waals surface area (Å²) in [5.41, 5.74) is -0.0526. The third-order valence-electron chi connectivity index (χ3n) is 6.92. The smallest absolute Gasteiger partial charge is 0.237 e. The van der Waals surface area contributed by atoms with Gasteiger partial charge >= 0.3 is 0 Å². The van der Waals surface area contributed by atoms with Crippen molar-refractivity contribution in [3.05, 3.63) is 0 Å². The van der Waals surface area contributed by atoms with Crippen LogP contribution in [-0.4, -0.2) is 47.7 Å². The van der Waals surface area contributed by atoms with Crippen LogP contribution in [0.25, 0.3) is 0 Å². The van der Waals surface area contributed by atoms with Crippen LogP contribution in [0.15, 0.2) is 0 Å². The Balaban J connectivity index is 1.53. The van der Waals surface area contributed by atoms with E-state index in [9.17, 15) is 9.90 Å². The molecule has 132 valence electrons. The molecule has 1 saturated heterocycles. The van der Waals surface area contributed by atoms with Gasteiger partial charge in [0.1, 0.15) is 0 Å². The summed E-state index contributed by atoms with van der Waals surface area (Å²) in [6.45, 7) is 8.34. The van der Waals surface area contributed by atoms with E-state index in [4.69, 9.17) is 0 Å². The average Bonchev–Trinajstić information content (AvgIpc) is 3.17. The summed E-state index contributed by atoms with van der Waals surface area (Å²) >= 11 is 0. The third kappa shape index (κ3) is 3.58. The third-order valence-corrected chi connectivity index (χ3v) is 6.92. The highest BCUT2D eigenvalue weighted by Gasteiger charge is 2.42. The van der Waals surface area contributed by atoms with Crippen LogP contribution < -0.4 is 5.32 Å². The molecule has 0 aromatic carbocycles. The van der Waals surface area contributed by atoms with Crippen LogP contribution >= 0.6 is 0 Å². The minimum atomic E-state index is -0.0952. The fourth-order valence-corrected chi connectivity index (χ4v) is 5.34. The van der Waals surface area contributed by atoms with E-state index in [0.717, 1.165) is 37.8 Å². The van der Waals surface area contributed by atoms with Crippen molar-refractivity contribution >= 4 is 5.91 Å². The Hall–Kier alpha value is -0.610. The van der Waals surface area contributed by atoms with E-state index in [2.05, 4.69) is 24.1 Å². The Morgan fingerprint density at radius 3 is 2.74 bits per heavy atom. The molecule has 23 heavy (non-hydrogen) atoms. The lowest BCUT2D eigenvalue weighted by molar-refractivity contribution is -0.128. The van der Waals surface area contributed by atoms with Crippen LogP contribution in [0, 0.1) is 23.2 Å². The molecular weight excluding hydrogens is 288 g/mol. The molecule has 2 bridgehead atoms. The Morgan fingerprint density at radius 2 is 2.13 bits per heavy atom. The van der Waals surface area contributed by atoms with Gasteiger partial charge in [-0.2, -0.15) is 0 Å². The maximum absolute atomic E-state index is 12.7. The summed E-state index contributed by atoms with van der Waals surface area (Å²) < 4.78 is 0. The van der Waals surface area contributed by atoms with Crippen molar-refractivity contribution in [1.82, 2.24) is 10.2 Å². The van der Waals surface area contributed by atoms with Crippen LogP contribution in [0.2, 0.25) is 0 Å². The molecule has 0 spiro atoms. The van der Waals surface area contributed by atoms with Crippen molar-refractivity contribution in [3.63, 3.8) is 0 Å². The van der Waals surface area contributed by atoms with Gasteiger partial charge in [0.15, 0.2) is 0 Å². The zero-order valence-electron chi connectivity index (χ0n) is 15.1. The topological polar surface area (TPSA) is 52.6 Å². The minimum absolute atomic E-state index is 0.0526. The zero-order chi connectivity index (χ0) is 16.6. The molecule has 1 heterocycles. The maximum atomic E-state index is 12.7. The van der Waals surface area contributed by atoms with Crippen LogP contribution in [0.1, 0.15) is 59.3 Å². The summed E-state index contributed by atoms with van der Waals surface area (Å²) in [5.74, 6) is 2.63. The Bertz CT molecular complexity index is 441. The molecule has 6 atom stereocenters.